The van der Waals surface area contributed by atoms with Crippen molar-refractivity contribution in [2.24, 2.45) is 0 Å². The Labute approximate surface area is 126 Å². The maximum Gasteiger partial charge on any atom is 0.138 e. The monoisotopic (exact) mass is 340 g/mol. The molecule has 2 nitrogen and oxygen atoms in total. The molecule has 4 heteroatoms. The third kappa shape index (κ3) is 3.64. The Morgan fingerprint density at radius 3 is 2.47 bits per heavy atom. The number of alkyl halides is 1. The summed E-state index contributed by atoms with van der Waals surface area (Å²) in [7, 11) is 1.65. The highest BCUT2D eigenvalue weighted by Gasteiger charge is 2.07. The van der Waals surface area contributed by atoms with Gasteiger partial charge in [-0.15, -0.1) is 11.6 Å². The summed E-state index contributed by atoms with van der Waals surface area (Å²) in [4.78, 5) is 0. The van der Waals surface area contributed by atoms with Gasteiger partial charge in [-0.3, -0.25) is 0 Å². The van der Waals surface area contributed by atoms with E-state index in [-0.39, 0.29) is 0 Å². The Kier molecular flexibility index (Phi) is 5.11. The molecular weight excluding hydrogens is 328 g/mol. The normalized spacial score (nSPS) is 10.3. The van der Waals surface area contributed by atoms with Gasteiger partial charge in [-0.25, -0.2) is 0 Å². The number of para-hydroxylation sites is 1. The summed E-state index contributed by atoms with van der Waals surface area (Å²) >= 11 is 9.39. The first-order chi connectivity index (χ1) is 9.24. The molecule has 0 bridgehead atoms. The van der Waals surface area contributed by atoms with Crippen molar-refractivity contribution in [3.8, 4) is 11.5 Å². The SMILES string of the molecule is COc1ccc(COc2c(Br)cccc2CCl)cc1. The molecule has 0 atom stereocenters. The van der Waals surface area contributed by atoms with E-state index >= 15 is 0 Å². The Bertz CT molecular complexity index is 540. The van der Waals surface area contributed by atoms with E-state index in [4.69, 9.17) is 21.1 Å². The average molecular weight is 342 g/mol. The molecule has 0 aliphatic rings. The van der Waals surface area contributed by atoms with Gasteiger partial charge in [-0.2, -0.15) is 0 Å². The first-order valence-electron chi connectivity index (χ1n) is 5.83. The Hall–Kier alpha value is -1.19. The molecule has 0 saturated heterocycles. The largest absolute Gasteiger partial charge is 0.497 e. The highest BCUT2D eigenvalue weighted by atomic mass is 79.9. The molecule has 0 aliphatic heterocycles. The number of ether oxygens (including phenoxy) is 2. The van der Waals surface area contributed by atoms with Crippen molar-refractivity contribution in [2.45, 2.75) is 12.5 Å². The van der Waals surface area contributed by atoms with Crippen LogP contribution in [-0.2, 0) is 12.5 Å². The van der Waals surface area contributed by atoms with Gasteiger partial charge in [-0.1, -0.05) is 24.3 Å². The summed E-state index contributed by atoms with van der Waals surface area (Å²) < 4.78 is 11.9. The third-order valence-corrected chi connectivity index (χ3v) is 3.65. The quantitative estimate of drug-likeness (QED) is 0.729. The van der Waals surface area contributed by atoms with Crippen molar-refractivity contribution < 1.29 is 9.47 Å². The van der Waals surface area contributed by atoms with E-state index in [0.29, 0.717) is 12.5 Å². The summed E-state index contributed by atoms with van der Waals surface area (Å²) in [5.41, 5.74) is 2.06. The van der Waals surface area contributed by atoms with Gasteiger partial charge in [0.2, 0.25) is 0 Å². The lowest BCUT2D eigenvalue weighted by molar-refractivity contribution is 0.301. The van der Waals surface area contributed by atoms with Crippen LogP contribution < -0.4 is 9.47 Å². The van der Waals surface area contributed by atoms with Gasteiger partial charge in [0.25, 0.3) is 0 Å². The Morgan fingerprint density at radius 1 is 1.11 bits per heavy atom. The number of rotatable bonds is 5. The zero-order chi connectivity index (χ0) is 13.7. The lowest BCUT2D eigenvalue weighted by Gasteiger charge is -2.12. The third-order valence-electron chi connectivity index (χ3n) is 2.73. The van der Waals surface area contributed by atoms with E-state index < -0.39 is 0 Å². The summed E-state index contributed by atoms with van der Waals surface area (Å²) in [6, 6.07) is 13.6. The van der Waals surface area contributed by atoms with Crippen LogP contribution in [0.25, 0.3) is 0 Å². The molecule has 100 valence electrons. The molecule has 0 spiro atoms. The number of hydrogen-bond acceptors (Lipinski definition) is 2. The second-order valence-electron chi connectivity index (χ2n) is 4.00. The zero-order valence-electron chi connectivity index (χ0n) is 10.5. The van der Waals surface area contributed by atoms with Gasteiger partial charge in [0.15, 0.2) is 0 Å². The van der Waals surface area contributed by atoms with Gasteiger partial charge in [0, 0.05) is 5.56 Å². The number of benzene rings is 2. The molecule has 2 aromatic rings. The van der Waals surface area contributed by atoms with E-state index in [9.17, 15) is 0 Å². The van der Waals surface area contributed by atoms with Crippen molar-refractivity contribution in [1.29, 1.82) is 0 Å². The molecule has 0 unspecified atom stereocenters. The average Bonchev–Trinajstić information content (AvgIpc) is 2.46. The number of halogens is 2. The summed E-state index contributed by atoms with van der Waals surface area (Å²) in [6.07, 6.45) is 0. The van der Waals surface area contributed by atoms with Crippen molar-refractivity contribution in [1.82, 2.24) is 0 Å². The van der Waals surface area contributed by atoms with Crippen LogP contribution in [-0.4, -0.2) is 7.11 Å². The van der Waals surface area contributed by atoms with E-state index in [2.05, 4.69) is 15.9 Å². The molecule has 0 radical (unpaired) electrons. The predicted octanol–water partition coefficient (Wildman–Crippen LogP) is 4.78. The van der Waals surface area contributed by atoms with Crippen molar-refractivity contribution in [2.75, 3.05) is 7.11 Å². The molecule has 0 amide bonds. The molecule has 0 aliphatic carbocycles. The van der Waals surface area contributed by atoms with Gasteiger partial charge >= 0.3 is 0 Å². The minimum absolute atomic E-state index is 0.428. The van der Waals surface area contributed by atoms with Crippen LogP contribution in [0.4, 0.5) is 0 Å². The van der Waals surface area contributed by atoms with Crippen LogP contribution in [0.3, 0.4) is 0 Å². The Balaban J connectivity index is 2.09. The first kappa shape index (κ1) is 14.2. The van der Waals surface area contributed by atoms with Crippen LogP contribution in [0.1, 0.15) is 11.1 Å². The van der Waals surface area contributed by atoms with Crippen LogP contribution in [0.15, 0.2) is 46.9 Å². The molecule has 0 saturated carbocycles. The second kappa shape index (κ2) is 6.83. The molecule has 0 heterocycles. The second-order valence-corrected chi connectivity index (χ2v) is 5.12. The molecule has 19 heavy (non-hydrogen) atoms. The molecule has 0 aromatic heterocycles. The van der Waals surface area contributed by atoms with Gasteiger partial charge in [0.1, 0.15) is 18.1 Å². The molecule has 0 N–H and O–H groups in total. The summed E-state index contributed by atoms with van der Waals surface area (Å²) in [5.74, 6) is 2.07. The number of hydrogen-bond donors (Lipinski definition) is 0. The fourth-order valence-corrected chi connectivity index (χ4v) is 2.43. The van der Waals surface area contributed by atoms with Gasteiger partial charge in [-0.05, 0) is 39.7 Å². The van der Waals surface area contributed by atoms with E-state index in [1.165, 1.54) is 0 Å². The zero-order valence-corrected chi connectivity index (χ0v) is 12.9. The van der Waals surface area contributed by atoms with Crippen LogP contribution in [0.5, 0.6) is 11.5 Å². The fourth-order valence-electron chi connectivity index (χ4n) is 1.70. The minimum atomic E-state index is 0.428. The van der Waals surface area contributed by atoms with Crippen LogP contribution in [0.2, 0.25) is 0 Å². The first-order valence-corrected chi connectivity index (χ1v) is 7.16. The maximum atomic E-state index is 5.91. The van der Waals surface area contributed by atoms with Crippen molar-refractivity contribution >= 4 is 27.5 Å². The molecule has 2 rings (SSSR count). The van der Waals surface area contributed by atoms with Gasteiger partial charge < -0.3 is 9.47 Å². The highest BCUT2D eigenvalue weighted by molar-refractivity contribution is 9.10. The molecular formula is C15H14BrClO2. The van der Waals surface area contributed by atoms with E-state index in [1.54, 1.807) is 7.11 Å². The lowest BCUT2D eigenvalue weighted by atomic mass is 10.2. The summed E-state index contributed by atoms with van der Waals surface area (Å²) in [6.45, 7) is 0.497. The van der Waals surface area contributed by atoms with Gasteiger partial charge in [0.05, 0.1) is 17.5 Å². The fraction of sp³-hybridized carbons (Fsp3) is 0.200. The summed E-state index contributed by atoms with van der Waals surface area (Å²) in [5, 5.41) is 0. The van der Waals surface area contributed by atoms with Crippen molar-refractivity contribution in [3.05, 3.63) is 58.1 Å². The smallest absolute Gasteiger partial charge is 0.138 e. The molecule has 0 fully saturated rings. The standard InChI is InChI=1S/C15H14BrClO2/c1-18-13-7-5-11(6-8-13)10-19-15-12(9-17)3-2-4-14(15)16/h2-8H,9-10H2,1H3. The van der Waals surface area contributed by atoms with E-state index in [1.807, 2.05) is 42.5 Å². The van der Waals surface area contributed by atoms with Crippen LogP contribution in [0, 0.1) is 0 Å². The number of methoxy groups -OCH3 is 1. The van der Waals surface area contributed by atoms with E-state index in [0.717, 1.165) is 27.1 Å². The topological polar surface area (TPSA) is 18.5 Å². The maximum absolute atomic E-state index is 5.91. The predicted molar refractivity (Wildman–Crippen MR) is 81.0 cm³/mol. The Morgan fingerprint density at radius 2 is 1.84 bits per heavy atom. The molecule has 2 aromatic carbocycles. The highest BCUT2D eigenvalue weighted by Crippen LogP contribution is 2.30. The van der Waals surface area contributed by atoms with Crippen molar-refractivity contribution in [3.63, 3.8) is 0 Å². The minimum Gasteiger partial charge on any atom is -0.497 e. The lowest BCUT2D eigenvalue weighted by Crippen LogP contribution is -1.98. The van der Waals surface area contributed by atoms with Crippen LogP contribution >= 0.6 is 27.5 Å².